The molecule has 0 aliphatic heterocycles. The van der Waals surface area contributed by atoms with Crippen LogP contribution in [0.5, 0.6) is 0 Å². The van der Waals surface area contributed by atoms with Gasteiger partial charge in [-0.3, -0.25) is 4.68 Å². The first-order chi connectivity index (χ1) is 9.16. The van der Waals surface area contributed by atoms with Crippen molar-refractivity contribution < 1.29 is 0 Å². The Morgan fingerprint density at radius 1 is 1.26 bits per heavy atom. The van der Waals surface area contributed by atoms with Crippen molar-refractivity contribution in [2.75, 3.05) is 0 Å². The summed E-state index contributed by atoms with van der Waals surface area (Å²) in [5, 5.41) is 4.95. The zero-order chi connectivity index (χ0) is 13.3. The van der Waals surface area contributed by atoms with E-state index in [0.29, 0.717) is 5.92 Å². The summed E-state index contributed by atoms with van der Waals surface area (Å²) in [4.78, 5) is 3.92. The van der Waals surface area contributed by atoms with E-state index in [1.807, 2.05) is 16.8 Å². The molecule has 100 valence electrons. The van der Waals surface area contributed by atoms with Gasteiger partial charge in [0.05, 0.1) is 0 Å². The summed E-state index contributed by atoms with van der Waals surface area (Å²) in [5.41, 5.74) is 1.27. The van der Waals surface area contributed by atoms with Gasteiger partial charge in [0.15, 0.2) is 0 Å². The predicted molar refractivity (Wildman–Crippen MR) is 76.5 cm³/mol. The molecule has 1 aromatic carbocycles. The molecule has 1 saturated carbocycles. The molecule has 3 rings (SSSR count). The second kappa shape index (κ2) is 5.14. The lowest BCUT2D eigenvalue weighted by molar-refractivity contribution is 0.388. The van der Waals surface area contributed by atoms with E-state index in [-0.39, 0.29) is 4.87 Å². The summed E-state index contributed by atoms with van der Waals surface area (Å²) in [5.74, 6) is 0.372. The summed E-state index contributed by atoms with van der Waals surface area (Å²) >= 11 is 12.5. The Bertz CT molecular complexity index is 532. The lowest BCUT2D eigenvalue weighted by atomic mass is 9.94. The third-order valence-corrected chi connectivity index (χ3v) is 4.67. The number of hydrogen-bond donors (Lipinski definition) is 0. The van der Waals surface area contributed by atoms with Gasteiger partial charge in [0.2, 0.25) is 0 Å². The second-order valence-corrected chi connectivity index (χ2v) is 6.37. The highest BCUT2D eigenvalue weighted by atomic mass is 35.5. The molecule has 1 aliphatic carbocycles. The highest BCUT2D eigenvalue weighted by Gasteiger charge is 2.47. The Balaban J connectivity index is 1.74. The summed E-state index contributed by atoms with van der Waals surface area (Å²) in [6, 6.07) is 7.99. The third kappa shape index (κ3) is 3.10. The van der Waals surface area contributed by atoms with Crippen LogP contribution >= 0.6 is 23.2 Å². The van der Waals surface area contributed by atoms with Gasteiger partial charge in [-0.05, 0) is 37.0 Å². The fourth-order valence-electron chi connectivity index (χ4n) is 2.40. The second-order valence-electron chi connectivity index (χ2n) is 5.18. The van der Waals surface area contributed by atoms with E-state index in [9.17, 15) is 0 Å². The van der Waals surface area contributed by atoms with Crippen molar-refractivity contribution in [2.45, 2.75) is 30.7 Å². The number of rotatable bonds is 5. The number of alkyl halides is 1. The van der Waals surface area contributed by atoms with Gasteiger partial charge in [0, 0.05) is 22.4 Å². The van der Waals surface area contributed by atoms with Crippen LogP contribution in [0.1, 0.15) is 18.4 Å². The Hall–Kier alpha value is -1.06. The van der Waals surface area contributed by atoms with E-state index >= 15 is 0 Å². The summed E-state index contributed by atoms with van der Waals surface area (Å²) in [6.07, 6.45) is 6.42. The molecule has 1 heterocycles. The molecule has 0 spiro atoms. The van der Waals surface area contributed by atoms with E-state index < -0.39 is 0 Å². The monoisotopic (exact) mass is 295 g/mol. The zero-order valence-corrected chi connectivity index (χ0v) is 12.0. The lowest BCUT2D eigenvalue weighted by Crippen LogP contribution is -2.24. The Kier molecular flexibility index (Phi) is 3.50. The van der Waals surface area contributed by atoms with Gasteiger partial charge in [0.25, 0.3) is 0 Å². The van der Waals surface area contributed by atoms with Crippen LogP contribution in [0.25, 0.3) is 0 Å². The molecule has 1 atom stereocenters. The zero-order valence-electron chi connectivity index (χ0n) is 10.5. The quantitative estimate of drug-likeness (QED) is 0.790. The fourth-order valence-corrected chi connectivity index (χ4v) is 2.76. The highest BCUT2D eigenvalue weighted by molar-refractivity contribution is 6.30. The van der Waals surface area contributed by atoms with Crippen LogP contribution in [-0.2, 0) is 13.0 Å². The number of benzene rings is 1. The molecule has 5 heteroatoms. The molecule has 19 heavy (non-hydrogen) atoms. The molecule has 1 unspecified atom stereocenters. The number of aromatic nitrogens is 3. The summed E-state index contributed by atoms with van der Waals surface area (Å²) in [6.45, 7) is 0.812. The van der Waals surface area contributed by atoms with Gasteiger partial charge in [-0.2, -0.15) is 5.10 Å². The van der Waals surface area contributed by atoms with Crippen molar-refractivity contribution in [2.24, 2.45) is 5.92 Å². The van der Waals surface area contributed by atoms with Gasteiger partial charge < -0.3 is 0 Å². The lowest BCUT2D eigenvalue weighted by Gasteiger charge is -2.21. The molecule has 1 fully saturated rings. The number of nitrogens with zero attached hydrogens (tertiary/aromatic N) is 3. The van der Waals surface area contributed by atoms with Crippen molar-refractivity contribution in [3.8, 4) is 0 Å². The van der Waals surface area contributed by atoms with Gasteiger partial charge in [-0.15, -0.1) is 11.6 Å². The highest BCUT2D eigenvalue weighted by Crippen LogP contribution is 2.50. The first-order valence-corrected chi connectivity index (χ1v) is 7.17. The van der Waals surface area contributed by atoms with Crippen LogP contribution < -0.4 is 0 Å². The molecule has 0 N–H and O–H groups in total. The maximum Gasteiger partial charge on any atom is 0.137 e. The predicted octanol–water partition coefficient (Wildman–Crippen LogP) is 3.56. The van der Waals surface area contributed by atoms with E-state index in [1.54, 1.807) is 12.7 Å². The molecular weight excluding hydrogens is 281 g/mol. The standard InChI is InChI=1S/C14H15Cl2N3/c15-13-3-1-11(2-4-13)7-12(14(16)5-6-14)8-19-10-17-9-18-19/h1-4,9-10,12H,5-8H2. The smallest absolute Gasteiger partial charge is 0.137 e. The minimum Gasteiger partial charge on any atom is -0.253 e. The Morgan fingerprint density at radius 2 is 2.00 bits per heavy atom. The van der Waals surface area contributed by atoms with Crippen LogP contribution in [0.15, 0.2) is 36.9 Å². The summed E-state index contributed by atoms with van der Waals surface area (Å²) < 4.78 is 1.86. The van der Waals surface area contributed by atoms with Crippen LogP contribution in [0, 0.1) is 5.92 Å². The molecule has 0 bridgehead atoms. The minimum absolute atomic E-state index is 0.0639. The van der Waals surface area contributed by atoms with Crippen molar-refractivity contribution in [1.29, 1.82) is 0 Å². The van der Waals surface area contributed by atoms with Crippen LogP contribution in [-0.4, -0.2) is 19.6 Å². The average molecular weight is 296 g/mol. The van der Waals surface area contributed by atoms with Crippen LogP contribution in [0.3, 0.4) is 0 Å². The van der Waals surface area contributed by atoms with Crippen molar-refractivity contribution in [3.05, 3.63) is 47.5 Å². The molecule has 0 saturated heterocycles. The van der Waals surface area contributed by atoms with E-state index in [1.165, 1.54) is 5.56 Å². The maximum absolute atomic E-state index is 6.62. The van der Waals surface area contributed by atoms with Gasteiger partial charge in [-0.1, -0.05) is 23.7 Å². The van der Waals surface area contributed by atoms with Crippen molar-refractivity contribution in [3.63, 3.8) is 0 Å². The van der Waals surface area contributed by atoms with Crippen LogP contribution in [0.4, 0.5) is 0 Å². The summed E-state index contributed by atoms with van der Waals surface area (Å²) in [7, 11) is 0. The minimum atomic E-state index is -0.0639. The topological polar surface area (TPSA) is 30.7 Å². The first-order valence-electron chi connectivity index (χ1n) is 6.41. The SMILES string of the molecule is Clc1ccc(CC(Cn2cncn2)C2(Cl)CC2)cc1. The van der Waals surface area contributed by atoms with Crippen LogP contribution in [0.2, 0.25) is 5.02 Å². The molecule has 0 radical (unpaired) electrons. The van der Waals surface area contributed by atoms with E-state index in [2.05, 4.69) is 22.2 Å². The van der Waals surface area contributed by atoms with E-state index in [0.717, 1.165) is 30.8 Å². The maximum atomic E-state index is 6.62. The average Bonchev–Trinajstić information content (AvgIpc) is 2.95. The molecule has 3 nitrogen and oxygen atoms in total. The van der Waals surface area contributed by atoms with Crippen molar-refractivity contribution >= 4 is 23.2 Å². The molecular formula is C14H15Cl2N3. The molecule has 0 amide bonds. The van der Waals surface area contributed by atoms with Gasteiger partial charge in [0.1, 0.15) is 12.7 Å². The Morgan fingerprint density at radius 3 is 2.58 bits per heavy atom. The third-order valence-electron chi connectivity index (χ3n) is 3.73. The van der Waals surface area contributed by atoms with Crippen molar-refractivity contribution in [1.82, 2.24) is 14.8 Å². The molecule has 2 aromatic rings. The van der Waals surface area contributed by atoms with E-state index in [4.69, 9.17) is 23.2 Å². The first kappa shape index (κ1) is 12.9. The molecule has 1 aliphatic rings. The normalized spacial score (nSPS) is 18.2. The van der Waals surface area contributed by atoms with Gasteiger partial charge in [-0.25, -0.2) is 4.98 Å². The molecule has 1 aromatic heterocycles. The largest absolute Gasteiger partial charge is 0.253 e. The van der Waals surface area contributed by atoms with Gasteiger partial charge >= 0.3 is 0 Å². The fraction of sp³-hybridized carbons (Fsp3) is 0.429. The number of hydrogen-bond acceptors (Lipinski definition) is 2. The number of halogens is 2. The Labute approximate surface area is 122 Å².